The first-order chi connectivity index (χ1) is 12.1. The molecule has 0 spiro atoms. The molecule has 0 saturated carbocycles. The lowest BCUT2D eigenvalue weighted by Gasteiger charge is -2.26. The molecule has 1 saturated heterocycles. The smallest absolute Gasteiger partial charge is 0.159 e. The van der Waals surface area contributed by atoms with E-state index < -0.39 is 0 Å². The zero-order valence-electron chi connectivity index (χ0n) is 14.8. The van der Waals surface area contributed by atoms with E-state index in [9.17, 15) is 10.1 Å². The van der Waals surface area contributed by atoms with E-state index in [1.54, 1.807) is 19.1 Å². The fourth-order valence-electron chi connectivity index (χ4n) is 3.28. The maximum absolute atomic E-state index is 11.7. The van der Waals surface area contributed by atoms with Crippen LogP contribution in [-0.4, -0.2) is 32.0 Å². The van der Waals surface area contributed by atoms with Crippen LogP contribution in [0.2, 0.25) is 0 Å². The van der Waals surface area contributed by atoms with Crippen LogP contribution in [0.4, 0.5) is 11.4 Å². The number of aryl methyl sites for hydroxylation is 1. The fourth-order valence-corrected chi connectivity index (χ4v) is 3.28. The number of anilines is 2. The summed E-state index contributed by atoms with van der Waals surface area (Å²) in [6.07, 6.45) is 1.02. The summed E-state index contributed by atoms with van der Waals surface area (Å²) in [7, 11) is 0. The minimum atomic E-state index is 0.0295. The second-order valence-electron chi connectivity index (χ2n) is 6.56. The normalized spacial score (nSPS) is 14.8. The molecule has 0 aromatic heterocycles. The van der Waals surface area contributed by atoms with Gasteiger partial charge in [-0.25, -0.2) is 0 Å². The Hall–Kier alpha value is -2.80. The number of benzene rings is 2. The molecule has 0 aliphatic carbocycles. The Morgan fingerprint density at radius 1 is 1.00 bits per heavy atom. The van der Waals surface area contributed by atoms with Gasteiger partial charge in [-0.1, -0.05) is 17.7 Å². The van der Waals surface area contributed by atoms with Crippen LogP contribution in [0.15, 0.2) is 42.5 Å². The monoisotopic (exact) mass is 333 g/mol. The summed E-state index contributed by atoms with van der Waals surface area (Å²) in [5.74, 6) is 0.0295. The Bertz CT molecular complexity index is 805. The van der Waals surface area contributed by atoms with Crippen molar-refractivity contribution < 1.29 is 4.79 Å². The van der Waals surface area contributed by atoms with Crippen LogP contribution in [0.1, 0.15) is 34.8 Å². The number of carbonyl (C=O) groups is 1. The molecule has 1 aliphatic rings. The highest BCUT2D eigenvalue weighted by Gasteiger charge is 2.18. The van der Waals surface area contributed by atoms with Gasteiger partial charge < -0.3 is 9.80 Å². The summed E-state index contributed by atoms with van der Waals surface area (Å²) in [6.45, 7) is 7.28. The minimum Gasteiger partial charge on any atom is -0.370 e. The molecule has 25 heavy (non-hydrogen) atoms. The van der Waals surface area contributed by atoms with Gasteiger partial charge in [-0.05, 0) is 50.6 Å². The van der Waals surface area contributed by atoms with Gasteiger partial charge in [0.2, 0.25) is 0 Å². The van der Waals surface area contributed by atoms with Crippen molar-refractivity contribution in [3.05, 3.63) is 59.2 Å². The van der Waals surface area contributed by atoms with Gasteiger partial charge >= 0.3 is 0 Å². The molecule has 0 radical (unpaired) electrons. The van der Waals surface area contributed by atoms with Crippen LogP contribution in [0.3, 0.4) is 0 Å². The fraction of sp³-hybridized carbons (Fsp3) is 0.333. The zero-order valence-corrected chi connectivity index (χ0v) is 14.8. The van der Waals surface area contributed by atoms with E-state index in [2.05, 4.69) is 47.1 Å². The Kier molecular flexibility index (Phi) is 5.04. The molecule has 2 aromatic rings. The van der Waals surface area contributed by atoms with Crippen molar-refractivity contribution >= 4 is 17.2 Å². The van der Waals surface area contributed by atoms with Crippen molar-refractivity contribution in [1.29, 1.82) is 5.26 Å². The lowest BCUT2D eigenvalue weighted by molar-refractivity contribution is 0.101. The summed E-state index contributed by atoms with van der Waals surface area (Å²) < 4.78 is 0. The SMILES string of the molecule is CC(=O)c1ccc(C#N)c(N2CCCN(c3ccc(C)cc3)CC2)c1. The molecule has 4 nitrogen and oxygen atoms in total. The van der Waals surface area contributed by atoms with Gasteiger partial charge in [0.15, 0.2) is 5.78 Å². The lowest BCUT2D eigenvalue weighted by Crippen LogP contribution is -2.31. The van der Waals surface area contributed by atoms with E-state index in [4.69, 9.17) is 0 Å². The molecule has 0 amide bonds. The first-order valence-corrected chi connectivity index (χ1v) is 8.70. The third-order valence-corrected chi connectivity index (χ3v) is 4.76. The number of nitrogens with zero attached hydrogens (tertiary/aromatic N) is 3. The number of ketones is 1. The number of rotatable bonds is 3. The van der Waals surface area contributed by atoms with Gasteiger partial charge in [-0.15, -0.1) is 0 Å². The molecule has 0 atom stereocenters. The number of carbonyl (C=O) groups excluding carboxylic acids is 1. The van der Waals surface area contributed by atoms with Crippen molar-refractivity contribution in [1.82, 2.24) is 0 Å². The molecule has 3 rings (SSSR count). The number of nitriles is 1. The van der Waals surface area contributed by atoms with E-state index in [-0.39, 0.29) is 5.78 Å². The Balaban J connectivity index is 1.81. The Morgan fingerprint density at radius 2 is 1.68 bits per heavy atom. The van der Waals surface area contributed by atoms with Crippen LogP contribution in [0.25, 0.3) is 0 Å². The van der Waals surface area contributed by atoms with Crippen LogP contribution in [-0.2, 0) is 0 Å². The standard InChI is InChI=1S/C21H23N3O/c1-16-4-8-20(9-5-16)23-10-3-11-24(13-12-23)21-14-18(17(2)25)6-7-19(21)15-22/h4-9,14H,3,10-13H2,1-2H3. The van der Waals surface area contributed by atoms with Crippen LogP contribution < -0.4 is 9.80 Å². The average molecular weight is 333 g/mol. The number of Topliss-reactive ketones (excluding diaryl/α,β-unsaturated/α-hetero) is 1. The van der Waals surface area contributed by atoms with Crippen LogP contribution in [0, 0.1) is 18.3 Å². The van der Waals surface area contributed by atoms with Gasteiger partial charge in [0.05, 0.1) is 11.3 Å². The molecular formula is C21H23N3O. The molecule has 4 heteroatoms. The third-order valence-electron chi connectivity index (χ3n) is 4.76. The highest BCUT2D eigenvalue weighted by atomic mass is 16.1. The van der Waals surface area contributed by atoms with E-state index in [1.807, 2.05) is 6.07 Å². The summed E-state index contributed by atoms with van der Waals surface area (Å²) >= 11 is 0. The molecule has 1 aliphatic heterocycles. The molecule has 1 heterocycles. The van der Waals surface area contributed by atoms with Crippen LogP contribution >= 0.6 is 0 Å². The molecule has 0 N–H and O–H groups in total. The van der Waals surface area contributed by atoms with Gasteiger partial charge in [0.1, 0.15) is 6.07 Å². The van der Waals surface area contributed by atoms with E-state index in [1.165, 1.54) is 11.3 Å². The summed E-state index contributed by atoms with van der Waals surface area (Å²) in [6, 6.07) is 16.2. The maximum atomic E-state index is 11.7. The molecular weight excluding hydrogens is 310 g/mol. The van der Waals surface area contributed by atoms with E-state index in [0.29, 0.717) is 11.1 Å². The average Bonchev–Trinajstić information content (AvgIpc) is 2.88. The predicted octanol–water partition coefficient (Wildman–Crippen LogP) is 3.79. The quantitative estimate of drug-likeness (QED) is 0.802. The van der Waals surface area contributed by atoms with Gasteiger partial charge in [-0.2, -0.15) is 5.26 Å². The number of hydrogen-bond donors (Lipinski definition) is 0. The molecule has 128 valence electrons. The van der Waals surface area contributed by atoms with Crippen molar-refractivity contribution in [3.8, 4) is 6.07 Å². The van der Waals surface area contributed by atoms with Gasteiger partial charge in [0, 0.05) is 37.4 Å². The second-order valence-corrected chi connectivity index (χ2v) is 6.56. The van der Waals surface area contributed by atoms with Crippen molar-refractivity contribution in [2.75, 3.05) is 36.0 Å². The second kappa shape index (κ2) is 7.40. The Morgan fingerprint density at radius 3 is 2.36 bits per heavy atom. The summed E-state index contributed by atoms with van der Waals surface area (Å²) in [5, 5.41) is 9.43. The third kappa shape index (κ3) is 3.83. The zero-order chi connectivity index (χ0) is 17.8. The molecule has 1 fully saturated rings. The minimum absolute atomic E-state index is 0.0295. The lowest BCUT2D eigenvalue weighted by atomic mass is 10.1. The predicted molar refractivity (Wildman–Crippen MR) is 101 cm³/mol. The van der Waals surface area contributed by atoms with Crippen molar-refractivity contribution in [3.63, 3.8) is 0 Å². The summed E-state index contributed by atoms with van der Waals surface area (Å²) in [4.78, 5) is 16.3. The maximum Gasteiger partial charge on any atom is 0.159 e. The molecule has 0 bridgehead atoms. The first-order valence-electron chi connectivity index (χ1n) is 8.70. The first kappa shape index (κ1) is 17.0. The molecule has 0 unspecified atom stereocenters. The largest absolute Gasteiger partial charge is 0.370 e. The molecule has 2 aromatic carbocycles. The van der Waals surface area contributed by atoms with Gasteiger partial charge in [0.25, 0.3) is 0 Å². The van der Waals surface area contributed by atoms with Crippen LogP contribution in [0.5, 0.6) is 0 Å². The van der Waals surface area contributed by atoms with E-state index >= 15 is 0 Å². The topological polar surface area (TPSA) is 47.3 Å². The summed E-state index contributed by atoms with van der Waals surface area (Å²) in [5.41, 5.74) is 4.67. The van der Waals surface area contributed by atoms with Crippen molar-refractivity contribution in [2.45, 2.75) is 20.3 Å². The van der Waals surface area contributed by atoms with E-state index in [0.717, 1.165) is 38.3 Å². The highest BCUT2D eigenvalue weighted by Crippen LogP contribution is 2.25. The van der Waals surface area contributed by atoms with Crippen molar-refractivity contribution in [2.24, 2.45) is 0 Å². The Labute approximate surface area is 149 Å². The number of hydrogen-bond acceptors (Lipinski definition) is 4. The highest BCUT2D eigenvalue weighted by molar-refractivity contribution is 5.95. The van der Waals surface area contributed by atoms with Gasteiger partial charge in [-0.3, -0.25) is 4.79 Å².